The molecule has 0 aliphatic heterocycles. The summed E-state index contributed by atoms with van der Waals surface area (Å²) in [5.41, 5.74) is 7.72. The van der Waals surface area contributed by atoms with E-state index in [1.165, 1.54) is 0 Å². The standard InChI is InChI=1S/C14H16FN3/c1-9-3-4-11(7-13(9)15)10(2)18-14-6-5-12(16)8-17-14/h3-8,10H,16H2,1-2H3,(H,17,18). The first-order chi connectivity index (χ1) is 8.56. The van der Waals surface area contributed by atoms with E-state index >= 15 is 0 Å². The van der Waals surface area contributed by atoms with Gasteiger partial charge in [-0.2, -0.15) is 0 Å². The van der Waals surface area contributed by atoms with Gasteiger partial charge in [0.1, 0.15) is 11.6 Å². The molecule has 0 aliphatic rings. The number of aromatic nitrogens is 1. The molecule has 0 fully saturated rings. The minimum absolute atomic E-state index is 0.0174. The van der Waals surface area contributed by atoms with Crippen molar-refractivity contribution in [3.63, 3.8) is 0 Å². The highest BCUT2D eigenvalue weighted by atomic mass is 19.1. The fourth-order valence-electron chi connectivity index (χ4n) is 1.67. The molecule has 2 aromatic rings. The number of nitrogen functional groups attached to an aromatic ring is 1. The molecule has 4 heteroatoms. The highest BCUT2D eigenvalue weighted by Crippen LogP contribution is 2.20. The predicted octanol–water partition coefficient (Wildman–Crippen LogP) is 3.28. The summed E-state index contributed by atoms with van der Waals surface area (Å²) in [5.74, 6) is 0.532. The Labute approximate surface area is 106 Å². The van der Waals surface area contributed by atoms with Gasteiger partial charge in [-0.1, -0.05) is 12.1 Å². The molecule has 1 heterocycles. The molecule has 1 aromatic carbocycles. The topological polar surface area (TPSA) is 50.9 Å². The van der Waals surface area contributed by atoms with Gasteiger partial charge in [-0.05, 0) is 43.2 Å². The molecule has 1 unspecified atom stereocenters. The maximum absolute atomic E-state index is 13.5. The maximum atomic E-state index is 13.5. The van der Waals surface area contributed by atoms with Crippen molar-refractivity contribution in [3.8, 4) is 0 Å². The second kappa shape index (κ2) is 5.04. The number of nitrogens with two attached hydrogens (primary N) is 1. The number of hydrogen-bond acceptors (Lipinski definition) is 3. The Morgan fingerprint density at radius 3 is 2.67 bits per heavy atom. The molecule has 0 bridgehead atoms. The van der Waals surface area contributed by atoms with Gasteiger partial charge in [-0.25, -0.2) is 9.37 Å². The minimum atomic E-state index is -0.189. The van der Waals surface area contributed by atoms with Crippen LogP contribution in [-0.4, -0.2) is 4.98 Å². The van der Waals surface area contributed by atoms with E-state index in [-0.39, 0.29) is 11.9 Å². The van der Waals surface area contributed by atoms with Crippen LogP contribution in [0.1, 0.15) is 24.1 Å². The lowest BCUT2D eigenvalue weighted by Crippen LogP contribution is -2.08. The van der Waals surface area contributed by atoms with Gasteiger partial charge in [-0.3, -0.25) is 0 Å². The predicted molar refractivity (Wildman–Crippen MR) is 71.8 cm³/mol. The summed E-state index contributed by atoms with van der Waals surface area (Å²) in [6, 6.07) is 8.79. The number of hydrogen-bond donors (Lipinski definition) is 2. The summed E-state index contributed by atoms with van der Waals surface area (Å²) in [6.45, 7) is 3.71. The first-order valence-electron chi connectivity index (χ1n) is 5.80. The van der Waals surface area contributed by atoms with E-state index in [9.17, 15) is 4.39 Å². The SMILES string of the molecule is Cc1ccc(C(C)Nc2ccc(N)cn2)cc1F. The molecule has 0 spiro atoms. The molecule has 0 radical (unpaired) electrons. The Morgan fingerprint density at radius 1 is 1.28 bits per heavy atom. The lowest BCUT2D eigenvalue weighted by atomic mass is 10.1. The number of nitrogens with one attached hydrogen (secondary N) is 1. The van der Waals surface area contributed by atoms with Crippen molar-refractivity contribution in [3.05, 3.63) is 53.5 Å². The van der Waals surface area contributed by atoms with E-state index in [1.54, 1.807) is 37.4 Å². The monoisotopic (exact) mass is 245 g/mol. The lowest BCUT2D eigenvalue weighted by molar-refractivity contribution is 0.614. The molecular formula is C14H16FN3. The molecule has 0 saturated heterocycles. The molecule has 0 saturated carbocycles. The largest absolute Gasteiger partial charge is 0.397 e. The Bertz CT molecular complexity index is 537. The summed E-state index contributed by atoms with van der Waals surface area (Å²) in [4.78, 5) is 4.15. The molecule has 94 valence electrons. The summed E-state index contributed by atoms with van der Waals surface area (Å²) in [6.07, 6.45) is 1.59. The summed E-state index contributed by atoms with van der Waals surface area (Å²) < 4.78 is 13.5. The normalized spacial score (nSPS) is 12.2. The van der Waals surface area contributed by atoms with Crippen LogP contribution in [0.15, 0.2) is 36.5 Å². The van der Waals surface area contributed by atoms with Crippen molar-refractivity contribution >= 4 is 11.5 Å². The van der Waals surface area contributed by atoms with Gasteiger partial charge in [0.25, 0.3) is 0 Å². The van der Waals surface area contributed by atoms with Crippen molar-refractivity contribution in [2.24, 2.45) is 0 Å². The zero-order chi connectivity index (χ0) is 13.1. The van der Waals surface area contributed by atoms with Gasteiger partial charge in [-0.15, -0.1) is 0 Å². The Hall–Kier alpha value is -2.10. The Morgan fingerprint density at radius 2 is 2.06 bits per heavy atom. The molecule has 0 aliphatic carbocycles. The molecular weight excluding hydrogens is 229 g/mol. The van der Waals surface area contributed by atoms with Crippen LogP contribution in [-0.2, 0) is 0 Å². The van der Waals surface area contributed by atoms with Gasteiger partial charge in [0, 0.05) is 0 Å². The van der Waals surface area contributed by atoms with E-state index in [2.05, 4.69) is 10.3 Å². The first-order valence-corrected chi connectivity index (χ1v) is 5.80. The van der Waals surface area contributed by atoms with Crippen molar-refractivity contribution in [1.82, 2.24) is 4.98 Å². The van der Waals surface area contributed by atoms with Crippen LogP contribution in [0, 0.1) is 12.7 Å². The van der Waals surface area contributed by atoms with Gasteiger partial charge in [0.05, 0.1) is 17.9 Å². The highest BCUT2D eigenvalue weighted by Gasteiger charge is 2.08. The van der Waals surface area contributed by atoms with E-state index in [0.717, 1.165) is 11.4 Å². The number of nitrogens with zero attached hydrogens (tertiary/aromatic N) is 1. The quantitative estimate of drug-likeness (QED) is 0.872. The molecule has 2 rings (SSSR count). The van der Waals surface area contributed by atoms with Crippen LogP contribution < -0.4 is 11.1 Å². The zero-order valence-electron chi connectivity index (χ0n) is 10.4. The highest BCUT2D eigenvalue weighted by molar-refractivity contribution is 5.45. The fraction of sp³-hybridized carbons (Fsp3) is 0.214. The van der Waals surface area contributed by atoms with E-state index in [1.807, 2.05) is 13.0 Å². The molecule has 3 N–H and O–H groups in total. The van der Waals surface area contributed by atoms with Crippen molar-refractivity contribution < 1.29 is 4.39 Å². The smallest absolute Gasteiger partial charge is 0.126 e. The van der Waals surface area contributed by atoms with E-state index < -0.39 is 0 Å². The minimum Gasteiger partial charge on any atom is -0.397 e. The second-order valence-corrected chi connectivity index (χ2v) is 4.35. The number of benzene rings is 1. The van der Waals surface area contributed by atoms with Crippen molar-refractivity contribution in [2.75, 3.05) is 11.1 Å². The number of halogens is 1. The molecule has 3 nitrogen and oxygen atoms in total. The van der Waals surface area contributed by atoms with Crippen LogP contribution >= 0.6 is 0 Å². The molecule has 1 aromatic heterocycles. The average molecular weight is 245 g/mol. The van der Waals surface area contributed by atoms with Gasteiger partial charge in [0.2, 0.25) is 0 Å². The average Bonchev–Trinajstić information content (AvgIpc) is 2.35. The summed E-state index contributed by atoms with van der Waals surface area (Å²) in [7, 11) is 0. The number of rotatable bonds is 3. The van der Waals surface area contributed by atoms with Crippen LogP contribution in [0.2, 0.25) is 0 Å². The number of aryl methyl sites for hydroxylation is 1. The second-order valence-electron chi connectivity index (χ2n) is 4.35. The lowest BCUT2D eigenvalue weighted by Gasteiger charge is -2.15. The Kier molecular flexibility index (Phi) is 3.46. The van der Waals surface area contributed by atoms with Gasteiger partial charge in [0.15, 0.2) is 0 Å². The third-order valence-corrected chi connectivity index (χ3v) is 2.85. The summed E-state index contributed by atoms with van der Waals surface area (Å²) in [5, 5.41) is 3.20. The third-order valence-electron chi connectivity index (χ3n) is 2.85. The van der Waals surface area contributed by atoms with Crippen LogP contribution in [0.5, 0.6) is 0 Å². The molecule has 18 heavy (non-hydrogen) atoms. The van der Waals surface area contributed by atoms with Gasteiger partial charge >= 0.3 is 0 Å². The van der Waals surface area contributed by atoms with Gasteiger partial charge < -0.3 is 11.1 Å². The van der Waals surface area contributed by atoms with Crippen molar-refractivity contribution in [1.29, 1.82) is 0 Å². The van der Waals surface area contributed by atoms with Crippen LogP contribution in [0.25, 0.3) is 0 Å². The fourth-order valence-corrected chi connectivity index (χ4v) is 1.67. The van der Waals surface area contributed by atoms with E-state index in [4.69, 9.17) is 5.73 Å². The summed E-state index contributed by atoms with van der Waals surface area (Å²) >= 11 is 0. The maximum Gasteiger partial charge on any atom is 0.126 e. The van der Waals surface area contributed by atoms with Crippen LogP contribution in [0.3, 0.4) is 0 Å². The third kappa shape index (κ3) is 2.77. The molecule has 0 amide bonds. The zero-order valence-corrected chi connectivity index (χ0v) is 10.4. The number of anilines is 2. The first kappa shape index (κ1) is 12.4. The number of pyridine rings is 1. The van der Waals surface area contributed by atoms with Crippen molar-refractivity contribution in [2.45, 2.75) is 19.9 Å². The van der Waals surface area contributed by atoms with E-state index in [0.29, 0.717) is 11.3 Å². The van der Waals surface area contributed by atoms with Crippen LogP contribution in [0.4, 0.5) is 15.9 Å². The molecule has 1 atom stereocenters. The Balaban J connectivity index is 2.13.